The van der Waals surface area contributed by atoms with E-state index < -0.39 is 11.7 Å². The molecule has 0 radical (unpaired) electrons. The lowest BCUT2D eigenvalue weighted by Crippen LogP contribution is -2.40. The molecule has 5 heteroatoms. The zero-order valence-corrected chi connectivity index (χ0v) is 12.1. The summed E-state index contributed by atoms with van der Waals surface area (Å²) in [6, 6.07) is 0. The third kappa shape index (κ3) is 2.41. The average Bonchev–Trinajstić information content (AvgIpc) is 2.80. The van der Waals surface area contributed by atoms with E-state index in [9.17, 15) is 5.11 Å². The van der Waals surface area contributed by atoms with E-state index >= 15 is 0 Å². The summed E-state index contributed by atoms with van der Waals surface area (Å²) in [5.74, 6) is 0. The highest BCUT2D eigenvalue weighted by molar-refractivity contribution is 9.10. The Labute approximate surface area is 110 Å². The predicted octanol–water partition coefficient (Wildman–Crippen LogP) is 1.96. The van der Waals surface area contributed by atoms with Crippen LogP contribution in [-0.2, 0) is 18.2 Å². The average molecular weight is 303 g/mol. The third-order valence-corrected chi connectivity index (χ3v) is 4.63. The lowest BCUT2D eigenvalue weighted by molar-refractivity contribution is -0.0774. The quantitative estimate of drug-likeness (QED) is 0.928. The van der Waals surface area contributed by atoms with Crippen LogP contribution in [0.3, 0.4) is 0 Å². The summed E-state index contributed by atoms with van der Waals surface area (Å²) in [7, 11) is 1.90. The summed E-state index contributed by atoms with van der Waals surface area (Å²) in [6.45, 7) is 4.69. The molecule has 2 unspecified atom stereocenters. The van der Waals surface area contributed by atoms with Gasteiger partial charge >= 0.3 is 0 Å². The number of aryl methyl sites for hydroxylation is 2. The van der Waals surface area contributed by atoms with Crippen molar-refractivity contribution in [2.75, 3.05) is 6.61 Å². The number of aliphatic hydroxyl groups is 1. The summed E-state index contributed by atoms with van der Waals surface area (Å²) in [4.78, 5) is 0. The number of aromatic nitrogens is 2. The topological polar surface area (TPSA) is 47.3 Å². The Kier molecular flexibility index (Phi) is 3.61. The van der Waals surface area contributed by atoms with Gasteiger partial charge in [-0.05, 0) is 42.6 Å². The molecule has 17 heavy (non-hydrogen) atoms. The van der Waals surface area contributed by atoms with Gasteiger partial charge in [-0.3, -0.25) is 4.68 Å². The van der Waals surface area contributed by atoms with E-state index in [1.807, 2.05) is 25.6 Å². The molecule has 1 aliphatic rings. The predicted molar refractivity (Wildman–Crippen MR) is 68.9 cm³/mol. The van der Waals surface area contributed by atoms with Crippen LogP contribution >= 0.6 is 15.9 Å². The molecule has 1 aliphatic heterocycles. The number of ether oxygens (including phenoxy) is 1. The Morgan fingerprint density at radius 1 is 1.65 bits per heavy atom. The molecule has 1 saturated heterocycles. The molecule has 0 saturated carbocycles. The van der Waals surface area contributed by atoms with Crippen molar-refractivity contribution in [3.05, 3.63) is 15.9 Å². The van der Waals surface area contributed by atoms with Crippen molar-refractivity contribution in [3.63, 3.8) is 0 Å². The van der Waals surface area contributed by atoms with E-state index in [1.165, 1.54) is 0 Å². The van der Waals surface area contributed by atoms with Crippen LogP contribution in [0.15, 0.2) is 4.47 Å². The molecule has 0 aliphatic carbocycles. The van der Waals surface area contributed by atoms with Gasteiger partial charge in [-0.25, -0.2) is 0 Å². The Balaban J connectivity index is 2.15. The van der Waals surface area contributed by atoms with Crippen molar-refractivity contribution in [3.8, 4) is 0 Å². The largest absolute Gasteiger partial charge is 0.390 e. The first-order valence-electron chi connectivity index (χ1n) is 5.94. The van der Waals surface area contributed by atoms with Crippen LogP contribution < -0.4 is 0 Å². The van der Waals surface area contributed by atoms with E-state index in [0.29, 0.717) is 6.42 Å². The molecular weight excluding hydrogens is 284 g/mol. The van der Waals surface area contributed by atoms with Gasteiger partial charge in [-0.2, -0.15) is 5.10 Å². The van der Waals surface area contributed by atoms with Gasteiger partial charge in [0.1, 0.15) is 0 Å². The summed E-state index contributed by atoms with van der Waals surface area (Å²) in [5, 5.41) is 14.7. The first-order chi connectivity index (χ1) is 7.94. The van der Waals surface area contributed by atoms with Crippen LogP contribution in [0.1, 0.15) is 31.2 Å². The maximum Gasteiger partial charge on any atom is 0.0916 e. The number of hydrogen-bond acceptors (Lipinski definition) is 3. The molecule has 0 bridgehead atoms. The van der Waals surface area contributed by atoms with Gasteiger partial charge in [0, 0.05) is 20.1 Å². The van der Waals surface area contributed by atoms with E-state index in [0.717, 1.165) is 35.3 Å². The van der Waals surface area contributed by atoms with E-state index in [1.54, 1.807) is 0 Å². The lowest BCUT2D eigenvalue weighted by Gasteiger charge is -2.29. The van der Waals surface area contributed by atoms with Crippen LogP contribution in [0.4, 0.5) is 0 Å². The minimum atomic E-state index is -0.490. The molecule has 0 aromatic carbocycles. The second-order valence-electron chi connectivity index (χ2n) is 4.95. The molecule has 1 fully saturated rings. The molecule has 2 heterocycles. The number of aliphatic hydroxyl groups excluding tert-OH is 1. The summed E-state index contributed by atoms with van der Waals surface area (Å²) < 4.78 is 8.47. The molecule has 1 N–H and O–H groups in total. The molecule has 1 aromatic heterocycles. The maximum absolute atomic E-state index is 10.3. The molecule has 4 nitrogen and oxygen atoms in total. The first-order valence-corrected chi connectivity index (χ1v) is 6.73. The molecule has 0 spiro atoms. The van der Waals surface area contributed by atoms with Crippen molar-refractivity contribution in [2.24, 2.45) is 7.05 Å². The molecule has 0 amide bonds. The lowest BCUT2D eigenvalue weighted by atomic mass is 9.92. The summed E-state index contributed by atoms with van der Waals surface area (Å²) in [6.07, 6.45) is 2.02. The van der Waals surface area contributed by atoms with Gasteiger partial charge in [-0.1, -0.05) is 0 Å². The van der Waals surface area contributed by atoms with Gasteiger partial charge in [0.15, 0.2) is 0 Å². The van der Waals surface area contributed by atoms with Crippen LogP contribution in [0.5, 0.6) is 0 Å². The van der Waals surface area contributed by atoms with Crippen LogP contribution in [0.2, 0.25) is 0 Å². The second-order valence-corrected chi connectivity index (χ2v) is 5.75. The van der Waals surface area contributed by atoms with E-state index in [-0.39, 0.29) is 0 Å². The number of hydrogen-bond donors (Lipinski definition) is 1. The van der Waals surface area contributed by atoms with Gasteiger partial charge < -0.3 is 9.84 Å². The molecule has 2 atom stereocenters. The smallest absolute Gasteiger partial charge is 0.0916 e. The fourth-order valence-corrected chi connectivity index (χ4v) is 2.86. The highest BCUT2D eigenvalue weighted by Crippen LogP contribution is 2.32. The zero-order valence-electron chi connectivity index (χ0n) is 10.5. The second kappa shape index (κ2) is 4.71. The summed E-state index contributed by atoms with van der Waals surface area (Å²) >= 11 is 3.52. The number of rotatable bonds is 3. The monoisotopic (exact) mass is 302 g/mol. The van der Waals surface area contributed by atoms with Crippen LogP contribution in [-0.4, -0.2) is 33.2 Å². The Morgan fingerprint density at radius 2 is 2.35 bits per heavy atom. The number of nitrogens with zero attached hydrogens (tertiary/aromatic N) is 2. The van der Waals surface area contributed by atoms with Gasteiger partial charge in [0.2, 0.25) is 0 Å². The van der Waals surface area contributed by atoms with Crippen molar-refractivity contribution < 1.29 is 9.84 Å². The van der Waals surface area contributed by atoms with E-state index in [2.05, 4.69) is 21.0 Å². The minimum Gasteiger partial charge on any atom is -0.390 e. The molecule has 2 rings (SSSR count). The maximum atomic E-state index is 10.3. The van der Waals surface area contributed by atoms with E-state index in [4.69, 9.17) is 4.74 Å². The fraction of sp³-hybridized carbons (Fsp3) is 0.750. The standard InChI is InChI=1S/C12H19BrN2O2/c1-8-11(13)9(15(3)14-8)7-10(16)12(2)5-4-6-17-12/h10,16H,4-7H2,1-3H3. The van der Waals surface area contributed by atoms with Crippen molar-refractivity contribution in [1.29, 1.82) is 0 Å². The Bertz CT molecular complexity index is 411. The van der Waals surface area contributed by atoms with Crippen LogP contribution in [0, 0.1) is 6.92 Å². The highest BCUT2D eigenvalue weighted by Gasteiger charge is 2.38. The Hall–Kier alpha value is -0.390. The van der Waals surface area contributed by atoms with Gasteiger partial charge in [0.05, 0.1) is 27.6 Å². The molecule has 1 aromatic rings. The molecule has 96 valence electrons. The van der Waals surface area contributed by atoms with Crippen LogP contribution in [0.25, 0.3) is 0 Å². The van der Waals surface area contributed by atoms with Crippen molar-refractivity contribution in [1.82, 2.24) is 9.78 Å². The highest BCUT2D eigenvalue weighted by atomic mass is 79.9. The normalized spacial score (nSPS) is 26.4. The molecular formula is C12H19BrN2O2. The fourth-order valence-electron chi connectivity index (χ4n) is 2.36. The van der Waals surface area contributed by atoms with Gasteiger partial charge in [-0.15, -0.1) is 0 Å². The SMILES string of the molecule is Cc1nn(C)c(CC(O)C2(C)CCCO2)c1Br. The Morgan fingerprint density at radius 3 is 2.82 bits per heavy atom. The zero-order chi connectivity index (χ0) is 12.6. The first kappa shape index (κ1) is 13.1. The number of halogens is 1. The summed E-state index contributed by atoms with van der Waals surface area (Å²) in [5.41, 5.74) is 1.57. The third-order valence-electron chi connectivity index (χ3n) is 3.60. The minimum absolute atomic E-state index is 0.405. The van der Waals surface area contributed by atoms with Crippen molar-refractivity contribution >= 4 is 15.9 Å². The van der Waals surface area contributed by atoms with Gasteiger partial charge in [0.25, 0.3) is 0 Å². The van der Waals surface area contributed by atoms with Crippen molar-refractivity contribution in [2.45, 2.75) is 44.8 Å².